The minimum Gasteiger partial charge on any atom is -0.481 e. The average Bonchev–Trinajstić information content (AvgIpc) is 2.71. The molecular formula is C13H12BrNO2S. The molecule has 1 heterocycles. The molecule has 2 aromatic rings. The lowest BCUT2D eigenvalue weighted by molar-refractivity contribution is -0.138. The van der Waals surface area contributed by atoms with Crippen molar-refractivity contribution in [3.8, 4) is 0 Å². The molecule has 1 N–H and O–H groups in total. The monoisotopic (exact) mass is 325 g/mol. The number of carboxylic acids is 1. The lowest BCUT2D eigenvalue weighted by Crippen LogP contribution is -2.14. The summed E-state index contributed by atoms with van der Waals surface area (Å²) in [5.41, 5.74) is 1.63. The molecule has 5 heteroatoms. The van der Waals surface area contributed by atoms with E-state index >= 15 is 0 Å². The van der Waals surface area contributed by atoms with Crippen LogP contribution in [0.1, 0.15) is 22.2 Å². The van der Waals surface area contributed by atoms with Crippen molar-refractivity contribution in [2.24, 2.45) is 0 Å². The van der Waals surface area contributed by atoms with E-state index in [0.717, 1.165) is 20.7 Å². The van der Waals surface area contributed by atoms with Gasteiger partial charge in [0.05, 0.1) is 16.6 Å². The molecule has 0 radical (unpaired) electrons. The second-order valence-electron chi connectivity index (χ2n) is 4.01. The SMILES string of the molecule is Cc1nc(CC(C(=O)O)c2cccc(Br)c2)cs1. The Hall–Kier alpha value is -1.20. The second-order valence-corrected chi connectivity index (χ2v) is 5.99. The van der Waals surface area contributed by atoms with Crippen molar-refractivity contribution in [2.75, 3.05) is 0 Å². The zero-order valence-electron chi connectivity index (χ0n) is 9.76. The fourth-order valence-corrected chi connectivity index (χ4v) is 2.82. The number of carbonyl (C=O) groups is 1. The molecule has 1 aromatic heterocycles. The quantitative estimate of drug-likeness (QED) is 0.933. The van der Waals surface area contributed by atoms with E-state index in [4.69, 9.17) is 0 Å². The fraction of sp³-hybridized carbons (Fsp3) is 0.231. The first kappa shape index (κ1) is 13.2. The number of thiazole rings is 1. The summed E-state index contributed by atoms with van der Waals surface area (Å²) in [6, 6.07) is 7.41. The van der Waals surface area contributed by atoms with Crippen LogP contribution in [0.15, 0.2) is 34.1 Å². The maximum Gasteiger partial charge on any atom is 0.311 e. The number of rotatable bonds is 4. The first-order chi connectivity index (χ1) is 8.56. The molecule has 1 aromatic carbocycles. The number of hydrogen-bond donors (Lipinski definition) is 1. The molecule has 94 valence electrons. The van der Waals surface area contributed by atoms with Gasteiger partial charge in [0, 0.05) is 16.3 Å². The van der Waals surface area contributed by atoms with Gasteiger partial charge in [0.25, 0.3) is 0 Å². The van der Waals surface area contributed by atoms with Gasteiger partial charge in [0.15, 0.2) is 0 Å². The number of hydrogen-bond acceptors (Lipinski definition) is 3. The Kier molecular flexibility index (Phi) is 4.14. The van der Waals surface area contributed by atoms with E-state index < -0.39 is 11.9 Å². The van der Waals surface area contributed by atoms with Crippen molar-refractivity contribution >= 4 is 33.2 Å². The highest BCUT2D eigenvalue weighted by Gasteiger charge is 2.21. The predicted molar refractivity (Wildman–Crippen MR) is 75.1 cm³/mol. The predicted octanol–water partition coefficient (Wildman–Crippen LogP) is 3.62. The molecule has 0 aliphatic heterocycles. The van der Waals surface area contributed by atoms with E-state index in [0.29, 0.717) is 6.42 Å². The van der Waals surface area contributed by atoms with Gasteiger partial charge in [-0.15, -0.1) is 11.3 Å². The Morgan fingerprint density at radius 1 is 1.56 bits per heavy atom. The number of nitrogens with zero attached hydrogens (tertiary/aromatic N) is 1. The van der Waals surface area contributed by atoms with E-state index in [1.807, 2.05) is 36.6 Å². The van der Waals surface area contributed by atoms with E-state index in [-0.39, 0.29) is 0 Å². The van der Waals surface area contributed by atoms with Crippen molar-refractivity contribution in [1.29, 1.82) is 0 Å². The molecule has 0 aliphatic rings. The van der Waals surface area contributed by atoms with Crippen LogP contribution in [0.4, 0.5) is 0 Å². The minimum absolute atomic E-state index is 0.427. The van der Waals surface area contributed by atoms with E-state index in [9.17, 15) is 9.90 Å². The molecule has 0 saturated carbocycles. The third kappa shape index (κ3) is 3.17. The summed E-state index contributed by atoms with van der Waals surface area (Å²) in [6.45, 7) is 1.92. The molecule has 0 fully saturated rings. The molecule has 3 nitrogen and oxygen atoms in total. The number of aryl methyl sites for hydroxylation is 1. The zero-order valence-corrected chi connectivity index (χ0v) is 12.2. The van der Waals surface area contributed by atoms with Crippen LogP contribution in [-0.2, 0) is 11.2 Å². The van der Waals surface area contributed by atoms with Gasteiger partial charge < -0.3 is 5.11 Å². The summed E-state index contributed by atoms with van der Waals surface area (Å²) in [5.74, 6) is -1.37. The van der Waals surface area contributed by atoms with Crippen molar-refractivity contribution in [3.05, 3.63) is 50.4 Å². The van der Waals surface area contributed by atoms with Gasteiger partial charge in [-0.1, -0.05) is 28.1 Å². The highest BCUT2D eigenvalue weighted by molar-refractivity contribution is 9.10. The smallest absolute Gasteiger partial charge is 0.311 e. The summed E-state index contributed by atoms with van der Waals surface area (Å²) in [6.07, 6.45) is 0.427. The van der Waals surface area contributed by atoms with Crippen molar-refractivity contribution in [2.45, 2.75) is 19.3 Å². The molecule has 1 atom stereocenters. The van der Waals surface area contributed by atoms with Gasteiger partial charge in [-0.25, -0.2) is 4.98 Å². The Bertz CT molecular complexity index is 568. The van der Waals surface area contributed by atoms with Crippen LogP contribution in [0.25, 0.3) is 0 Å². The molecule has 0 amide bonds. The summed E-state index contributed by atoms with van der Waals surface area (Å²) < 4.78 is 0.890. The molecule has 1 unspecified atom stereocenters. The first-order valence-corrected chi connectivity index (χ1v) is 7.13. The highest BCUT2D eigenvalue weighted by atomic mass is 79.9. The van der Waals surface area contributed by atoms with Gasteiger partial charge in [0.2, 0.25) is 0 Å². The van der Waals surface area contributed by atoms with E-state index in [1.165, 1.54) is 0 Å². The topological polar surface area (TPSA) is 50.2 Å². The van der Waals surface area contributed by atoms with Crippen LogP contribution in [0.5, 0.6) is 0 Å². The number of carboxylic acid groups (broad SMARTS) is 1. The largest absolute Gasteiger partial charge is 0.481 e. The Balaban J connectivity index is 2.26. The third-order valence-electron chi connectivity index (χ3n) is 2.63. The van der Waals surface area contributed by atoms with Crippen LogP contribution in [0.2, 0.25) is 0 Å². The number of aliphatic carboxylic acids is 1. The molecule has 0 aliphatic carbocycles. The van der Waals surface area contributed by atoms with Gasteiger partial charge >= 0.3 is 5.97 Å². The molecule has 0 bridgehead atoms. The van der Waals surface area contributed by atoms with Crippen molar-refractivity contribution < 1.29 is 9.90 Å². The minimum atomic E-state index is -0.821. The number of halogens is 1. The molecule has 2 rings (SSSR count). The number of aromatic nitrogens is 1. The van der Waals surface area contributed by atoms with Crippen LogP contribution >= 0.6 is 27.3 Å². The lowest BCUT2D eigenvalue weighted by atomic mass is 9.95. The third-order valence-corrected chi connectivity index (χ3v) is 3.94. The van der Waals surface area contributed by atoms with Gasteiger partial charge in [-0.2, -0.15) is 0 Å². The normalized spacial score (nSPS) is 12.3. The van der Waals surface area contributed by atoms with Gasteiger partial charge in [-0.3, -0.25) is 4.79 Å². The van der Waals surface area contributed by atoms with Crippen LogP contribution < -0.4 is 0 Å². The van der Waals surface area contributed by atoms with E-state index in [1.54, 1.807) is 11.3 Å². The molecule has 0 spiro atoms. The van der Waals surface area contributed by atoms with Crippen molar-refractivity contribution in [3.63, 3.8) is 0 Å². The lowest BCUT2D eigenvalue weighted by Gasteiger charge is -2.11. The molecule has 0 saturated heterocycles. The average molecular weight is 326 g/mol. The zero-order chi connectivity index (χ0) is 13.1. The standard InChI is InChI=1S/C13H12BrNO2S/c1-8-15-11(7-18-8)6-12(13(16)17)9-3-2-4-10(14)5-9/h2-5,7,12H,6H2,1H3,(H,16,17). The summed E-state index contributed by atoms with van der Waals surface area (Å²) >= 11 is 4.91. The fourth-order valence-electron chi connectivity index (χ4n) is 1.78. The first-order valence-electron chi connectivity index (χ1n) is 5.45. The summed E-state index contributed by atoms with van der Waals surface area (Å²) in [7, 11) is 0. The summed E-state index contributed by atoms with van der Waals surface area (Å²) in [5, 5.41) is 12.2. The Labute approximate surface area is 118 Å². The second kappa shape index (κ2) is 5.63. The molecule has 18 heavy (non-hydrogen) atoms. The van der Waals surface area contributed by atoms with E-state index in [2.05, 4.69) is 20.9 Å². The van der Waals surface area contributed by atoms with Crippen LogP contribution in [0.3, 0.4) is 0 Å². The Morgan fingerprint density at radius 3 is 2.89 bits per heavy atom. The van der Waals surface area contributed by atoms with Crippen molar-refractivity contribution in [1.82, 2.24) is 4.98 Å². The molecular weight excluding hydrogens is 314 g/mol. The maximum absolute atomic E-state index is 11.4. The van der Waals surface area contributed by atoms with Crippen LogP contribution in [0, 0.1) is 6.92 Å². The maximum atomic E-state index is 11.4. The summed E-state index contributed by atoms with van der Waals surface area (Å²) in [4.78, 5) is 15.7. The van der Waals surface area contributed by atoms with Gasteiger partial charge in [0.1, 0.15) is 0 Å². The van der Waals surface area contributed by atoms with Crippen LogP contribution in [-0.4, -0.2) is 16.1 Å². The Morgan fingerprint density at radius 2 is 2.33 bits per heavy atom. The highest BCUT2D eigenvalue weighted by Crippen LogP contribution is 2.24. The van der Waals surface area contributed by atoms with Gasteiger partial charge in [-0.05, 0) is 24.6 Å². The number of benzene rings is 1.